The van der Waals surface area contributed by atoms with Crippen LogP contribution < -0.4 is 0 Å². The van der Waals surface area contributed by atoms with Crippen molar-refractivity contribution < 1.29 is 10.0 Å². The van der Waals surface area contributed by atoms with Crippen molar-refractivity contribution in [2.75, 3.05) is 6.54 Å². The van der Waals surface area contributed by atoms with Gasteiger partial charge in [0, 0.05) is 43.5 Å². The maximum atomic E-state index is 12.6. The molecule has 116 valence electrons. The first-order chi connectivity index (χ1) is 10.5. The smallest absolute Gasteiger partial charge is 0.167 e. The number of carbonyl (C=O) groups is 1. The van der Waals surface area contributed by atoms with Crippen LogP contribution in [0.1, 0.15) is 44.8 Å². The Hall–Kier alpha value is -2.04. The van der Waals surface area contributed by atoms with E-state index in [2.05, 4.69) is 46.8 Å². The molecule has 0 saturated heterocycles. The van der Waals surface area contributed by atoms with E-state index in [-0.39, 0.29) is 17.2 Å². The van der Waals surface area contributed by atoms with Gasteiger partial charge in [-0.2, -0.15) is 0 Å². The summed E-state index contributed by atoms with van der Waals surface area (Å²) in [4.78, 5) is 15.0. The molecule has 0 spiro atoms. The van der Waals surface area contributed by atoms with Crippen molar-refractivity contribution in [3.05, 3.63) is 35.3 Å². The Labute approximate surface area is 129 Å². The molecule has 1 N–H and O–H groups in total. The summed E-state index contributed by atoms with van der Waals surface area (Å²) in [7, 11) is 0. The molecule has 5 nitrogen and oxygen atoms in total. The van der Waals surface area contributed by atoms with E-state index in [1.165, 1.54) is 5.69 Å². The lowest BCUT2D eigenvalue weighted by Crippen LogP contribution is -2.46. The number of rotatable bonds is 0. The number of hydrogen-bond acceptors (Lipinski definition) is 4. The molecule has 1 unspecified atom stereocenters. The second kappa shape index (κ2) is 4.48. The molecule has 4 rings (SSSR count). The molecule has 5 heteroatoms. The number of hydrogen-bond donors (Lipinski definition) is 1. The highest BCUT2D eigenvalue weighted by molar-refractivity contribution is 6.24. The number of fused-ring (bicyclic) bond motifs is 4. The molecular formula is C17H21N3O2. The van der Waals surface area contributed by atoms with Crippen molar-refractivity contribution in [1.29, 1.82) is 0 Å². The lowest BCUT2D eigenvalue weighted by Gasteiger charge is -2.47. The maximum absolute atomic E-state index is 12.6. The third kappa shape index (κ3) is 1.84. The van der Waals surface area contributed by atoms with Crippen molar-refractivity contribution in [1.82, 2.24) is 9.47 Å². The van der Waals surface area contributed by atoms with Crippen LogP contribution in [0.4, 0.5) is 0 Å². The molecule has 1 atom stereocenters. The van der Waals surface area contributed by atoms with Gasteiger partial charge in [0.1, 0.15) is 0 Å². The van der Waals surface area contributed by atoms with Gasteiger partial charge < -0.3 is 14.7 Å². The lowest BCUT2D eigenvalue weighted by molar-refractivity contribution is -0.118. The van der Waals surface area contributed by atoms with E-state index < -0.39 is 0 Å². The van der Waals surface area contributed by atoms with Crippen molar-refractivity contribution >= 4 is 11.5 Å². The van der Waals surface area contributed by atoms with E-state index in [1.54, 1.807) is 0 Å². The molecule has 0 aromatic carbocycles. The van der Waals surface area contributed by atoms with Gasteiger partial charge in [-0.1, -0.05) is 19.0 Å². The van der Waals surface area contributed by atoms with Crippen molar-refractivity contribution in [2.24, 2.45) is 10.6 Å². The summed E-state index contributed by atoms with van der Waals surface area (Å²) in [5.41, 5.74) is 3.54. The lowest BCUT2D eigenvalue weighted by atomic mass is 9.72. The summed E-state index contributed by atoms with van der Waals surface area (Å²) >= 11 is 0. The number of nitrogens with zero attached hydrogens (tertiary/aromatic N) is 3. The van der Waals surface area contributed by atoms with Crippen LogP contribution in [0.5, 0.6) is 0 Å². The molecule has 0 saturated carbocycles. The standard InChI is InChI=1S/C17H21N3O2/c1-17(2)9-14-16(15(21)10-17)11(18-22)8-13-12-4-3-5-19(12)6-7-20(13)14/h3-5,13,22H,6-10H2,1-2H3/b18-11+. The quantitative estimate of drug-likeness (QED) is 0.592. The summed E-state index contributed by atoms with van der Waals surface area (Å²) in [6.07, 6.45) is 4.10. The van der Waals surface area contributed by atoms with E-state index >= 15 is 0 Å². The summed E-state index contributed by atoms with van der Waals surface area (Å²) in [5, 5.41) is 12.9. The summed E-state index contributed by atoms with van der Waals surface area (Å²) in [6.45, 7) is 6.13. The van der Waals surface area contributed by atoms with Gasteiger partial charge in [0.2, 0.25) is 0 Å². The fourth-order valence-electron chi connectivity index (χ4n) is 4.24. The first-order valence-corrected chi connectivity index (χ1v) is 7.89. The molecule has 1 aliphatic carbocycles. The number of Topliss-reactive ketones (excluding diaryl/α,β-unsaturated/α-hetero) is 1. The fraction of sp³-hybridized carbons (Fsp3) is 0.529. The minimum absolute atomic E-state index is 0.0299. The van der Waals surface area contributed by atoms with Gasteiger partial charge in [-0.25, -0.2) is 0 Å². The van der Waals surface area contributed by atoms with E-state index in [0.717, 1.165) is 25.2 Å². The molecule has 2 aliphatic heterocycles. The molecule has 1 aromatic rings. The van der Waals surface area contributed by atoms with Crippen molar-refractivity contribution in [3.8, 4) is 0 Å². The topological polar surface area (TPSA) is 57.8 Å². The minimum Gasteiger partial charge on any atom is -0.411 e. The SMILES string of the molecule is CC1(C)CC(=O)C2=C(C1)N1CCn3cccc3C1C/C2=N\O. The van der Waals surface area contributed by atoms with E-state index in [9.17, 15) is 10.0 Å². The maximum Gasteiger partial charge on any atom is 0.167 e. The Kier molecular flexibility index (Phi) is 2.77. The molecule has 1 aromatic heterocycles. The van der Waals surface area contributed by atoms with Gasteiger partial charge >= 0.3 is 0 Å². The van der Waals surface area contributed by atoms with Crippen LogP contribution in [0, 0.1) is 5.41 Å². The molecule has 0 amide bonds. The van der Waals surface area contributed by atoms with Crippen LogP contribution in [0.2, 0.25) is 0 Å². The van der Waals surface area contributed by atoms with Crippen LogP contribution in [-0.2, 0) is 11.3 Å². The first kappa shape index (κ1) is 13.6. The summed E-state index contributed by atoms with van der Waals surface area (Å²) in [5.74, 6) is 0.124. The number of ketones is 1. The third-order valence-corrected chi connectivity index (χ3v) is 5.16. The molecule has 3 heterocycles. The van der Waals surface area contributed by atoms with E-state index in [1.807, 2.05) is 0 Å². The zero-order valence-corrected chi connectivity index (χ0v) is 13.0. The van der Waals surface area contributed by atoms with Gasteiger partial charge in [0.05, 0.1) is 17.3 Å². The van der Waals surface area contributed by atoms with Gasteiger partial charge in [0.15, 0.2) is 5.78 Å². The second-order valence-corrected chi connectivity index (χ2v) is 7.35. The monoisotopic (exact) mass is 299 g/mol. The molecule has 3 aliphatic rings. The zero-order valence-electron chi connectivity index (χ0n) is 13.0. The Morgan fingerprint density at radius 1 is 1.32 bits per heavy atom. The number of aromatic nitrogens is 1. The van der Waals surface area contributed by atoms with Gasteiger partial charge in [0.25, 0.3) is 0 Å². The first-order valence-electron chi connectivity index (χ1n) is 7.89. The average molecular weight is 299 g/mol. The normalized spacial score (nSPS) is 28.5. The van der Waals surface area contributed by atoms with Crippen LogP contribution in [-0.4, -0.2) is 32.7 Å². The predicted octanol–water partition coefficient (Wildman–Crippen LogP) is 2.72. The summed E-state index contributed by atoms with van der Waals surface area (Å²) < 4.78 is 2.26. The predicted molar refractivity (Wildman–Crippen MR) is 82.8 cm³/mol. The highest BCUT2D eigenvalue weighted by Crippen LogP contribution is 2.46. The van der Waals surface area contributed by atoms with Crippen molar-refractivity contribution in [2.45, 2.75) is 45.7 Å². The number of oxime groups is 1. The minimum atomic E-state index is -0.0299. The largest absolute Gasteiger partial charge is 0.411 e. The van der Waals surface area contributed by atoms with Crippen LogP contribution in [0.15, 0.2) is 34.8 Å². The summed E-state index contributed by atoms with van der Waals surface area (Å²) in [6, 6.07) is 4.37. The fourth-order valence-corrected chi connectivity index (χ4v) is 4.24. The average Bonchev–Trinajstić information content (AvgIpc) is 2.93. The second-order valence-electron chi connectivity index (χ2n) is 7.35. The van der Waals surface area contributed by atoms with Gasteiger partial charge in [-0.15, -0.1) is 0 Å². The van der Waals surface area contributed by atoms with Crippen LogP contribution in [0.25, 0.3) is 0 Å². The molecule has 22 heavy (non-hydrogen) atoms. The van der Waals surface area contributed by atoms with Crippen molar-refractivity contribution in [3.63, 3.8) is 0 Å². The number of allylic oxidation sites excluding steroid dienone is 2. The Morgan fingerprint density at radius 3 is 2.91 bits per heavy atom. The molecule has 0 bridgehead atoms. The van der Waals surface area contributed by atoms with Gasteiger partial charge in [-0.3, -0.25) is 4.79 Å². The van der Waals surface area contributed by atoms with E-state index in [0.29, 0.717) is 24.1 Å². The highest BCUT2D eigenvalue weighted by Gasteiger charge is 2.44. The Morgan fingerprint density at radius 2 is 2.14 bits per heavy atom. The number of carbonyl (C=O) groups excluding carboxylic acids is 1. The molecule has 0 radical (unpaired) electrons. The van der Waals surface area contributed by atoms with Gasteiger partial charge in [-0.05, 0) is 24.0 Å². The van der Waals surface area contributed by atoms with E-state index in [4.69, 9.17) is 0 Å². The van der Waals surface area contributed by atoms with Crippen LogP contribution in [0.3, 0.4) is 0 Å². The Bertz CT molecular complexity index is 711. The third-order valence-electron chi connectivity index (χ3n) is 5.16. The molecule has 0 fully saturated rings. The molecular weight excluding hydrogens is 278 g/mol. The zero-order chi connectivity index (χ0) is 15.5. The Balaban J connectivity index is 1.86. The highest BCUT2D eigenvalue weighted by atomic mass is 16.4. The van der Waals surface area contributed by atoms with Crippen LogP contribution >= 0.6 is 0 Å².